The van der Waals surface area contributed by atoms with Gasteiger partial charge >= 0.3 is 11.3 Å². The molecule has 0 bridgehead atoms. The third kappa shape index (κ3) is 6.45. The Morgan fingerprint density at radius 1 is 1.23 bits per heavy atom. The third-order valence-corrected chi connectivity index (χ3v) is 1.64. The van der Waals surface area contributed by atoms with Gasteiger partial charge in [-0.25, -0.2) is 4.79 Å². The van der Waals surface area contributed by atoms with Crippen LogP contribution in [-0.2, 0) is 14.3 Å². The molecule has 0 saturated heterocycles. The lowest BCUT2D eigenvalue weighted by molar-refractivity contribution is -0.148. The van der Waals surface area contributed by atoms with Crippen LogP contribution in [0.1, 0.15) is 13.8 Å². The molecule has 0 aliphatic heterocycles. The van der Waals surface area contributed by atoms with E-state index in [1.165, 1.54) is 0 Å². The first kappa shape index (κ1) is 12.3. The highest BCUT2D eigenvalue weighted by Gasteiger charge is 2.07. The Hall–Kier alpha value is -0.710. The van der Waals surface area contributed by atoms with Crippen molar-refractivity contribution < 1.29 is 19.1 Å². The first-order valence-corrected chi connectivity index (χ1v) is 5.17. The van der Waals surface area contributed by atoms with Crippen molar-refractivity contribution >= 4 is 23.0 Å². The molecule has 0 atom stereocenters. The molecule has 4 nitrogen and oxygen atoms in total. The molecule has 0 amide bonds. The zero-order valence-electron chi connectivity index (χ0n) is 8.03. The highest BCUT2D eigenvalue weighted by molar-refractivity contribution is 8.12. The maximum atomic E-state index is 10.9. The van der Waals surface area contributed by atoms with E-state index in [-0.39, 0.29) is 30.4 Å². The smallest absolute Gasteiger partial charge is 0.367 e. The molecule has 0 fully saturated rings. The number of ether oxygens (including phenoxy) is 2. The third-order valence-electron chi connectivity index (χ3n) is 1.19. The van der Waals surface area contributed by atoms with E-state index < -0.39 is 0 Å². The Morgan fingerprint density at radius 3 is 2.23 bits per heavy atom. The lowest BCUT2D eigenvalue weighted by Crippen LogP contribution is -2.15. The van der Waals surface area contributed by atoms with Gasteiger partial charge in [0.05, 0.1) is 5.92 Å². The SMILES string of the molecule is CSC(=O)OCCOC(=O)C(C)C. The molecular formula is C8H14O4S. The summed E-state index contributed by atoms with van der Waals surface area (Å²) in [5.41, 5.74) is 0. The molecular weight excluding hydrogens is 192 g/mol. The van der Waals surface area contributed by atoms with Gasteiger partial charge < -0.3 is 9.47 Å². The molecule has 0 aromatic heterocycles. The molecule has 0 aromatic carbocycles. The molecule has 0 heterocycles. The number of carbonyl (C=O) groups excluding carboxylic acids is 2. The standard InChI is InChI=1S/C8H14O4S/c1-6(2)7(9)11-4-5-12-8(10)13-3/h6H,4-5H2,1-3H3. The second-order valence-corrected chi connectivity index (χ2v) is 3.37. The van der Waals surface area contributed by atoms with E-state index in [0.29, 0.717) is 0 Å². The lowest BCUT2D eigenvalue weighted by Gasteiger charge is -2.06. The molecule has 0 aliphatic carbocycles. The van der Waals surface area contributed by atoms with Crippen molar-refractivity contribution in [2.75, 3.05) is 19.5 Å². The minimum atomic E-state index is -0.361. The maximum Gasteiger partial charge on any atom is 0.367 e. The van der Waals surface area contributed by atoms with Crippen LogP contribution in [0.15, 0.2) is 0 Å². The van der Waals surface area contributed by atoms with E-state index in [9.17, 15) is 9.59 Å². The molecule has 0 N–H and O–H groups in total. The molecule has 0 rings (SSSR count). The van der Waals surface area contributed by atoms with Crippen LogP contribution in [0.25, 0.3) is 0 Å². The fraction of sp³-hybridized carbons (Fsp3) is 0.750. The zero-order valence-corrected chi connectivity index (χ0v) is 8.85. The zero-order chi connectivity index (χ0) is 10.3. The van der Waals surface area contributed by atoms with Gasteiger partial charge in [-0.05, 0) is 18.0 Å². The number of rotatable bonds is 4. The van der Waals surface area contributed by atoms with E-state index in [1.54, 1.807) is 20.1 Å². The molecule has 0 unspecified atom stereocenters. The Kier molecular flexibility index (Phi) is 6.40. The molecule has 0 aliphatic rings. The number of carbonyl (C=O) groups is 2. The summed E-state index contributed by atoms with van der Waals surface area (Å²) >= 11 is 0.988. The van der Waals surface area contributed by atoms with Gasteiger partial charge in [-0.2, -0.15) is 0 Å². The number of esters is 1. The second-order valence-electron chi connectivity index (χ2n) is 2.62. The van der Waals surface area contributed by atoms with E-state index in [4.69, 9.17) is 4.74 Å². The molecule has 0 saturated carbocycles. The van der Waals surface area contributed by atoms with Crippen LogP contribution in [0, 0.1) is 5.92 Å². The Balaban J connectivity index is 3.36. The summed E-state index contributed by atoms with van der Waals surface area (Å²) in [5.74, 6) is -0.420. The predicted molar refractivity (Wildman–Crippen MR) is 50.7 cm³/mol. The summed E-state index contributed by atoms with van der Waals surface area (Å²) in [6.45, 7) is 3.74. The molecule has 0 spiro atoms. The number of hydrogen-bond acceptors (Lipinski definition) is 5. The molecule has 0 radical (unpaired) electrons. The Bertz CT molecular complexity index is 179. The fourth-order valence-corrected chi connectivity index (χ4v) is 0.694. The van der Waals surface area contributed by atoms with Gasteiger partial charge in [0.2, 0.25) is 0 Å². The van der Waals surface area contributed by atoms with Gasteiger partial charge in [-0.15, -0.1) is 0 Å². The van der Waals surface area contributed by atoms with Gasteiger partial charge in [0, 0.05) is 0 Å². The Morgan fingerprint density at radius 2 is 1.77 bits per heavy atom. The lowest BCUT2D eigenvalue weighted by atomic mass is 10.2. The monoisotopic (exact) mass is 206 g/mol. The van der Waals surface area contributed by atoms with Crippen LogP contribution in [0.3, 0.4) is 0 Å². The quantitative estimate of drug-likeness (QED) is 0.517. The van der Waals surface area contributed by atoms with Crippen molar-refractivity contribution in [1.82, 2.24) is 0 Å². The fourth-order valence-electron chi connectivity index (χ4n) is 0.493. The molecule has 5 heteroatoms. The minimum Gasteiger partial charge on any atom is -0.462 e. The van der Waals surface area contributed by atoms with Gasteiger partial charge in [0.1, 0.15) is 13.2 Å². The van der Waals surface area contributed by atoms with Crippen LogP contribution in [0.4, 0.5) is 4.79 Å². The van der Waals surface area contributed by atoms with E-state index in [1.807, 2.05) is 0 Å². The van der Waals surface area contributed by atoms with Crippen molar-refractivity contribution in [2.24, 2.45) is 5.92 Å². The van der Waals surface area contributed by atoms with E-state index in [2.05, 4.69) is 4.74 Å². The summed E-state index contributed by atoms with van der Waals surface area (Å²) in [5, 5.41) is -0.361. The average Bonchev–Trinajstić information content (AvgIpc) is 2.11. The van der Waals surface area contributed by atoms with Crippen LogP contribution in [0.2, 0.25) is 0 Å². The van der Waals surface area contributed by atoms with Crippen LogP contribution in [0.5, 0.6) is 0 Å². The largest absolute Gasteiger partial charge is 0.462 e. The van der Waals surface area contributed by atoms with Crippen molar-refractivity contribution in [3.05, 3.63) is 0 Å². The second kappa shape index (κ2) is 6.77. The Labute approximate surface area is 82.0 Å². The van der Waals surface area contributed by atoms with Crippen molar-refractivity contribution in [3.8, 4) is 0 Å². The minimum absolute atomic E-state index is 0.123. The van der Waals surface area contributed by atoms with Gasteiger partial charge in [-0.1, -0.05) is 13.8 Å². The van der Waals surface area contributed by atoms with E-state index >= 15 is 0 Å². The normalized spacial score (nSPS) is 9.85. The summed E-state index contributed by atoms with van der Waals surface area (Å²) < 4.78 is 9.44. The number of hydrogen-bond donors (Lipinski definition) is 0. The molecule has 13 heavy (non-hydrogen) atoms. The maximum absolute atomic E-state index is 10.9. The first-order chi connectivity index (χ1) is 6.07. The van der Waals surface area contributed by atoms with Crippen LogP contribution in [-0.4, -0.2) is 30.7 Å². The van der Waals surface area contributed by atoms with Crippen LogP contribution < -0.4 is 0 Å². The van der Waals surface area contributed by atoms with Crippen molar-refractivity contribution in [2.45, 2.75) is 13.8 Å². The van der Waals surface area contributed by atoms with Gasteiger partial charge in [-0.3, -0.25) is 4.79 Å². The summed E-state index contributed by atoms with van der Waals surface area (Å²) in [6, 6.07) is 0. The first-order valence-electron chi connectivity index (χ1n) is 3.95. The topological polar surface area (TPSA) is 52.6 Å². The van der Waals surface area contributed by atoms with Gasteiger partial charge in [0.25, 0.3) is 0 Å². The highest BCUT2D eigenvalue weighted by Crippen LogP contribution is 1.99. The highest BCUT2D eigenvalue weighted by atomic mass is 32.2. The average molecular weight is 206 g/mol. The molecule has 76 valence electrons. The van der Waals surface area contributed by atoms with Crippen LogP contribution >= 0.6 is 11.8 Å². The number of thioether (sulfide) groups is 1. The summed E-state index contributed by atoms with van der Waals surface area (Å²) in [6.07, 6.45) is 1.63. The van der Waals surface area contributed by atoms with E-state index in [0.717, 1.165) is 11.8 Å². The summed E-state index contributed by atoms with van der Waals surface area (Å²) in [4.78, 5) is 21.5. The van der Waals surface area contributed by atoms with Crippen molar-refractivity contribution in [1.29, 1.82) is 0 Å². The summed E-state index contributed by atoms with van der Waals surface area (Å²) in [7, 11) is 0. The molecule has 0 aromatic rings. The van der Waals surface area contributed by atoms with Crippen molar-refractivity contribution in [3.63, 3.8) is 0 Å². The predicted octanol–water partition coefficient (Wildman–Crippen LogP) is 1.69. The van der Waals surface area contributed by atoms with Gasteiger partial charge in [0.15, 0.2) is 0 Å².